The molecule has 1 N–H and O–H groups in total. The highest BCUT2D eigenvalue weighted by atomic mass is 79.9. The molecule has 1 aromatic rings. The van der Waals surface area contributed by atoms with Crippen LogP contribution in [0.25, 0.3) is 0 Å². The molecule has 0 bridgehead atoms. The molecule has 0 aromatic heterocycles. The van der Waals surface area contributed by atoms with Crippen molar-refractivity contribution in [3.8, 4) is 5.75 Å². The summed E-state index contributed by atoms with van der Waals surface area (Å²) in [7, 11) is 0. The lowest BCUT2D eigenvalue weighted by Gasteiger charge is -2.19. The Balaban J connectivity index is 2.38. The highest BCUT2D eigenvalue weighted by Crippen LogP contribution is 2.35. The van der Waals surface area contributed by atoms with Gasteiger partial charge in [0.2, 0.25) is 5.91 Å². The largest absolute Gasteiger partial charge is 0.505 e. The molecule has 2 rings (SSSR count). The van der Waals surface area contributed by atoms with Crippen LogP contribution in [0.4, 0.5) is 5.69 Å². The molecule has 0 spiro atoms. The van der Waals surface area contributed by atoms with Crippen LogP contribution in [-0.4, -0.2) is 22.9 Å². The molecule has 0 aliphatic carbocycles. The molecule has 1 aliphatic heterocycles. The quantitative estimate of drug-likeness (QED) is 0.853. The molecule has 1 aliphatic rings. The number of aromatic hydroxyl groups is 1. The van der Waals surface area contributed by atoms with Crippen LogP contribution < -0.4 is 4.90 Å². The molecule has 1 heterocycles. The second-order valence-electron chi connectivity index (χ2n) is 4.68. The highest BCUT2D eigenvalue weighted by Gasteiger charge is 2.31. The zero-order chi connectivity index (χ0) is 12.6. The first-order valence-corrected chi connectivity index (χ1v) is 6.81. The molecular weight excluding hydrogens is 282 g/mol. The average Bonchev–Trinajstić information content (AvgIpc) is 2.65. The minimum Gasteiger partial charge on any atom is -0.505 e. The number of anilines is 1. The number of carbonyl (C=O) groups is 1. The molecule has 17 heavy (non-hydrogen) atoms. The summed E-state index contributed by atoms with van der Waals surface area (Å²) in [4.78, 5) is 13.6. The Morgan fingerprint density at radius 1 is 1.47 bits per heavy atom. The fourth-order valence-corrected chi connectivity index (χ4v) is 2.69. The van der Waals surface area contributed by atoms with Gasteiger partial charge in [-0.2, -0.15) is 0 Å². The maximum absolute atomic E-state index is 11.9. The van der Waals surface area contributed by atoms with E-state index in [-0.39, 0.29) is 11.7 Å². The van der Waals surface area contributed by atoms with E-state index in [1.54, 1.807) is 4.90 Å². The third-order valence-corrected chi connectivity index (χ3v) is 4.05. The molecule has 1 fully saturated rings. The van der Waals surface area contributed by atoms with Crippen molar-refractivity contribution in [2.75, 3.05) is 16.8 Å². The Morgan fingerprint density at radius 2 is 2.18 bits per heavy atom. The van der Waals surface area contributed by atoms with Gasteiger partial charge in [0.15, 0.2) is 0 Å². The zero-order valence-corrected chi connectivity index (χ0v) is 11.6. The van der Waals surface area contributed by atoms with Crippen LogP contribution in [0.15, 0.2) is 12.1 Å². The third kappa shape index (κ3) is 2.32. The van der Waals surface area contributed by atoms with Gasteiger partial charge in [0.25, 0.3) is 0 Å². The van der Waals surface area contributed by atoms with Crippen LogP contribution in [0, 0.1) is 19.8 Å². The molecule has 1 amide bonds. The van der Waals surface area contributed by atoms with Crippen molar-refractivity contribution in [1.82, 2.24) is 0 Å². The molecule has 4 heteroatoms. The predicted molar refractivity (Wildman–Crippen MR) is 71.8 cm³/mol. The fraction of sp³-hybridized carbons (Fsp3) is 0.462. The number of nitrogens with zero attached hydrogens (tertiary/aromatic N) is 1. The van der Waals surface area contributed by atoms with Gasteiger partial charge in [-0.1, -0.05) is 22.0 Å². The maximum atomic E-state index is 11.9. The number of phenols is 1. The fourth-order valence-electron chi connectivity index (χ4n) is 2.26. The van der Waals surface area contributed by atoms with Gasteiger partial charge in [-0.15, -0.1) is 0 Å². The maximum Gasteiger partial charge on any atom is 0.227 e. The standard InChI is InChI=1S/C13H16BrNO2/c1-8-3-9(2)13(17)11(4-8)15-7-10(6-14)5-12(15)16/h3-4,10,17H,5-7H2,1-2H3. The van der Waals surface area contributed by atoms with Crippen LogP contribution >= 0.6 is 15.9 Å². The summed E-state index contributed by atoms with van der Waals surface area (Å²) < 4.78 is 0. The van der Waals surface area contributed by atoms with Crippen molar-refractivity contribution < 1.29 is 9.90 Å². The Kier molecular flexibility index (Phi) is 3.43. The highest BCUT2D eigenvalue weighted by molar-refractivity contribution is 9.09. The van der Waals surface area contributed by atoms with E-state index in [1.165, 1.54) is 0 Å². The molecule has 92 valence electrons. The van der Waals surface area contributed by atoms with E-state index in [0.717, 1.165) is 16.5 Å². The number of hydrogen-bond donors (Lipinski definition) is 1. The molecule has 1 saturated heterocycles. The summed E-state index contributed by atoms with van der Waals surface area (Å²) in [6.07, 6.45) is 0.553. The zero-order valence-electron chi connectivity index (χ0n) is 10.0. The minimum atomic E-state index is 0.0924. The van der Waals surface area contributed by atoms with E-state index >= 15 is 0 Å². The summed E-state index contributed by atoms with van der Waals surface area (Å²) in [6.45, 7) is 4.51. The number of carbonyl (C=O) groups excluding carboxylic acids is 1. The second kappa shape index (κ2) is 4.69. The van der Waals surface area contributed by atoms with Crippen LogP contribution in [-0.2, 0) is 4.79 Å². The first kappa shape index (κ1) is 12.4. The van der Waals surface area contributed by atoms with Crippen molar-refractivity contribution in [3.05, 3.63) is 23.3 Å². The lowest BCUT2D eigenvalue weighted by atomic mass is 10.1. The van der Waals surface area contributed by atoms with E-state index in [0.29, 0.717) is 24.6 Å². The van der Waals surface area contributed by atoms with Gasteiger partial charge in [0.1, 0.15) is 5.75 Å². The van der Waals surface area contributed by atoms with Crippen LogP contribution in [0.3, 0.4) is 0 Å². The topological polar surface area (TPSA) is 40.5 Å². The molecule has 1 atom stereocenters. The van der Waals surface area contributed by atoms with Crippen LogP contribution in [0.1, 0.15) is 17.5 Å². The van der Waals surface area contributed by atoms with E-state index in [2.05, 4.69) is 15.9 Å². The van der Waals surface area contributed by atoms with E-state index in [1.807, 2.05) is 26.0 Å². The number of rotatable bonds is 2. The minimum absolute atomic E-state index is 0.0924. The number of benzene rings is 1. The van der Waals surface area contributed by atoms with Crippen molar-refractivity contribution in [2.45, 2.75) is 20.3 Å². The monoisotopic (exact) mass is 297 g/mol. The number of amides is 1. The van der Waals surface area contributed by atoms with Crippen molar-refractivity contribution in [1.29, 1.82) is 0 Å². The third-order valence-electron chi connectivity index (χ3n) is 3.14. The predicted octanol–water partition coefficient (Wildman–Crippen LogP) is 2.76. The Hall–Kier alpha value is -1.03. The first-order valence-electron chi connectivity index (χ1n) is 5.69. The Morgan fingerprint density at radius 3 is 2.76 bits per heavy atom. The van der Waals surface area contributed by atoms with Crippen LogP contribution in [0.5, 0.6) is 5.75 Å². The lowest BCUT2D eigenvalue weighted by molar-refractivity contribution is -0.117. The summed E-state index contributed by atoms with van der Waals surface area (Å²) in [5, 5.41) is 10.9. The molecule has 3 nitrogen and oxygen atoms in total. The number of hydrogen-bond acceptors (Lipinski definition) is 2. The van der Waals surface area contributed by atoms with Gasteiger partial charge in [-0.3, -0.25) is 4.79 Å². The summed E-state index contributed by atoms with van der Waals surface area (Å²) >= 11 is 3.41. The van der Waals surface area contributed by atoms with Gasteiger partial charge >= 0.3 is 0 Å². The van der Waals surface area contributed by atoms with E-state index in [4.69, 9.17) is 0 Å². The Bertz CT molecular complexity index is 459. The van der Waals surface area contributed by atoms with Crippen molar-refractivity contribution in [3.63, 3.8) is 0 Å². The van der Waals surface area contributed by atoms with Crippen LogP contribution in [0.2, 0.25) is 0 Å². The number of aryl methyl sites for hydroxylation is 2. The van der Waals surface area contributed by atoms with Gasteiger partial charge in [-0.05, 0) is 37.0 Å². The Labute approximate surface area is 110 Å². The summed E-state index contributed by atoms with van der Waals surface area (Å²) in [5.74, 6) is 0.650. The number of phenolic OH excluding ortho intramolecular Hbond substituents is 1. The molecule has 0 radical (unpaired) electrons. The molecule has 0 saturated carbocycles. The molecule has 1 unspecified atom stereocenters. The van der Waals surface area contributed by atoms with Gasteiger partial charge in [0, 0.05) is 18.3 Å². The van der Waals surface area contributed by atoms with Gasteiger partial charge in [-0.25, -0.2) is 0 Å². The molecule has 1 aromatic carbocycles. The summed E-state index contributed by atoms with van der Waals surface area (Å²) in [6, 6.07) is 3.79. The number of alkyl halides is 1. The smallest absolute Gasteiger partial charge is 0.227 e. The summed E-state index contributed by atoms with van der Waals surface area (Å²) in [5.41, 5.74) is 2.52. The lowest BCUT2D eigenvalue weighted by Crippen LogP contribution is -2.25. The van der Waals surface area contributed by atoms with E-state index < -0.39 is 0 Å². The number of halogens is 1. The van der Waals surface area contributed by atoms with E-state index in [9.17, 15) is 9.90 Å². The van der Waals surface area contributed by atoms with Crippen molar-refractivity contribution in [2.24, 2.45) is 5.92 Å². The first-order chi connectivity index (χ1) is 8.02. The SMILES string of the molecule is Cc1cc(C)c(O)c(N2CC(CBr)CC2=O)c1. The normalized spacial score (nSPS) is 20.1. The second-order valence-corrected chi connectivity index (χ2v) is 5.33. The van der Waals surface area contributed by atoms with Gasteiger partial charge < -0.3 is 10.0 Å². The van der Waals surface area contributed by atoms with Crippen molar-refractivity contribution >= 4 is 27.5 Å². The van der Waals surface area contributed by atoms with Gasteiger partial charge in [0.05, 0.1) is 5.69 Å². The average molecular weight is 298 g/mol. The molecular formula is C13H16BrNO2.